The minimum atomic E-state index is -0.00630. The Bertz CT molecular complexity index is 367. The molecule has 0 unspecified atom stereocenters. The molecule has 1 aliphatic rings. The fourth-order valence-electron chi connectivity index (χ4n) is 1.13. The second kappa shape index (κ2) is 3.64. The maximum Gasteiger partial charge on any atom is 0.237 e. The topological polar surface area (TPSA) is 26.3 Å². The minimum absolute atomic E-state index is 0.00630. The largest absolute Gasteiger partial charge is 0.489 e. The summed E-state index contributed by atoms with van der Waals surface area (Å²) in [5.41, 5.74) is 0. The molecule has 0 spiro atoms. The number of ketones is 1. The monoisotopic (exact) mass is 258 g/mol. The van der Waals surface area contributed by atoms with Crippen LogP contribution in [-0.4, -0.2) is 12.4 Å². The summed E-state index contributed by atoms with van der Waals surface area (Å²) < 4.78 is 6.15. The van der Waals surface area contributed by atoms with Crippen molar-refractivity contribution in [2.45, 2.75) is 6.42 Å². The van der Waals surface area contributed by atoms with Crippen LogP contribution in [0.3, 0.4) is 0 Å². The number of hydrogen-bond acceptors (Lipinski definition) is 3. The van der Waals surface area contributed by atoms with Crippen LogP contribution in [0.1, 0.15) is 16.1 Å². The molecule has 0 saturated carbocycles. The summed E-state index contributed by atoms with van der Waals surface area (Å²) >= 11 is 4.74. The van der Waals surface area contributed by atoms with Gasteiger partial charge in [-0.05, 0) is 34.1 Å². The third-order valence-electron chi connectivity index (χ3n) is 1.73. The van der Waals surface area contributed by atoms with Gasteiger partial charge in [-0.15, -0.1) is 11.3 Å². The molecule has 0 atom stereocenters. The summed E-state index contributed by atoms with van der Waals surface area (Å²) in [7, 11) is 0. The molecular formula is C9H7BrO2S. The molecule has 0 aromatic carbocycles. The van der Waals surface area contributed by atoms with Gasteiger partial charge >= 0.3 is 0 Å². The van der Waals surface area contributed by atoms with E-state index in [-0.39, 0.29) is 5.78 Å². The summed E-state index contributed by atoms with van der Waals surface area (Å²) in [5, 5.41) is 0. The molecule has 1 aliphatic heterocycles. The Balaban J connectivity index is 2.22. The van der Waals surface area contributed by atoms with Gasteiger partial charge in [0.15, 0.2) is 5.76 Å². The normalized spacial score (nSPS) is 15.3. The van der Waals surface area contributed by atoms with Crippen LogP contribution in [0.2, 0.25) is 0 Å². The Morgan fingerprint density at radius 1 is 1.54 bits per heavy atom. The first-order valence-corrected chi connectivity index (χ1v) is 5.51. The van der Waals surface area contributed by atoms with E-state index < -0.39 is 0 Å². The van der Waals surface area contributed by atoms with E-state index in [0.717, 1.165) is 15.1 Å². The van der Waals surface area contributed by atoms with Crippen molar-refractivity contribution in [3.05, 3.63) is 32.6 Å². The number of hydrogen-bond donors (Lipinski definition) is 0. The van der Waals surface area contributed by atoms with Gasteiger partial charge in [-0.3, -0.25) is 4.79 Å². The Kier molecular flexibility index (Phi) is 2.51. The number of ether oxygens (including phenoxy) is 1. The van der Waals surface area contributed by atoms with Crippen LogP contribution in [0.5, 0.6) is 0 Å². The van der Waals surface area contributed by atoms with E-state index in [1.807, 2.05) is 12.1 Å². The molecule has 2 rings (SSSR count). The van der Waals surface area contributed by atoms with Crippen molar-refractivity contribution in [1.29, 1.82) is 0 Å². The molecule has 0 fully saturated rings. The predicted octanol–water partition coefficient (Wildman–Crippen LogP) is 3.00. The van der Waals surface area contributed by atoms with Gasteiger partial charge in [0.25, 0.3) is 0 Å². The zero-order valence-corrected chi connectivity index (χ0v) is 9.15. The SMILES string of the molecule is O=C(C1=CCCO1)c1ccc(Br)s1. The highest BCUT2D eigenvalue weighted by atomic mass is 79.9. The lowest BCUT2D eigenvalue weighted by atomic mass is 10.2. The Morgan fingerprint density at radius 3 is 2.92 bits per heavy atom. The zero-order chi connectivity index (χ0) is 9.26. The molecule has 4 heteroatoms. The molecule has 1 aromatic rings. The molecule has 0 N–H and O–H groups in total. The van der Waals surface area contributed by atoms with Crippen LogP contribution < -0.4 is 0 Å². The molecule has 1 aromatic heterocycles. The zero-order valence-electron chi connectivity index (χ0n) is 6.75. The van der Waals surface area contributed by atoms with Gasteiger partial charge in [0.2, 0.25) is 5.78 Å². The Morgan fingerprint density at radius 2 is 2.38 bits per heavy atom. The van der Waals surface area contributed by atoms with E-state index in [1.54, 1.807) is 6.07 Å². The van der Waals surface area contributed by atoms with Crippen molar-refractivity contribution in [1.82, 2.24) is 0 Å². The molecule has 0 amide bonds. The lowest BCUT2D eigenvalue weighted by Gasteiger charge is -1.98. The second-order valence-corrected chi connectivity index (χ2v) is 5.10. The molecular weight excluding hydrogens is 252 g/mol. The lowest BCUT2D eigenvalue weighted by Crippen LogP contribution is -2.00. The predicted molar refractivity (Wildman–Crippen MR) is 55.0 cm³/mol. The van der Waals surface area contributed by atoms with Crippen LogP contribution in [0, 0.1) is 0 Å². The lowest BCUT2D eigenvalue weighted by molar-refractivity contribution is 0.0946. The second-order valence-electron chi connectivity index (χ2n) is 2.64. The van der Waals surface area contributed by atoms with E-state index in [4.69, 9.17) is 4.74 Å². The molecule has 13 heavy (non-hydrogen) atoms. The number of thiophene rings is 1. The van der Waals surface area contributed by atoms with E-state index >= 15 is 0 Å². The van der Waals surface area contributed by atoms with Gasteiger partial charge in [-0.1, -0.05) is 0 Å². The third kappa shape index (κ3) is 1.84. The summed E-state index contributed by atoms with van der Waals surface area (Å²) in [4.78, 5) is 12.4. The van der Waals surface area contributed by atoms with E-state index in [0.29, 0.717) is 12.4 Å². The first kappa shape index (κ1) is 8.97. The molecule has 0 radical (unpaired) electrons. The van der Waals surface area contributed by atoms with E-state index in [1.165, 1.54) is 11.3 Å². The Labute approximate surface area is 88.3 Å². The number of halogens is 1. The number of rotatable bonds is 2. The van der Waals surface area contributed by atoms with Gasteiger partial charge < -0.3 is 4.74 Å². The number of Topliss-reactive ketones (excluding diaryl/α,β-unsaturated/α-hetero) is 1. The number of carbonyl (C=O) groups is 1. The summed E-state index contributed by atoms with van der Waals surface area (Å²) in [5.74, 6) is 0.488. The summed E-state index contributed by atoms with van der Waals surface area (Å²) in [6.07, 6.45) is 2.68. The highest BCUT2D eigenvalue weighted by molar-refractivity contribution is 9.11. The van der Waals surface area contributed by atoms with Gasteiger partial charge in [0.05, 0.1) is 15.3 Å². The molecule has 0 saturated heterocycles. The van der Waals surface area contributed by atoms with Crippen LogP contribution in [0.25, 0.3) is 0 Å². The summed E-state index contributed by atoms with van der Waals surface area (Å²) in [6.45, 7) is 0.633. The van der Waals surface area contributed by atoms with Crippen molar-refractivity contribution in [3.63, 3.8) is 0 Å². The standard InChI is InChI=1S/C9H7BrO2S/c10-8-4-3-7(13-8)9(11)6-2-1-5-12-6/h2-4H,1,5H2. The van der Waals surface area contributed by atoms with Crippen LogP contribution in [-0.2, 0) is 4.74 Å². The smallest absolute Gasteiger partial charge is 0.237 e. The first-order valence-electron chi connectivity index (χ1n) is 3.90. The minimum Gasteiger partial charge on any atom is -0.489 e. The van der Waals surface area contributed by atoms with Crippen LogP contribution in [0.4, 0.5) is 0 Å². The molecule has 2 nitrogen and oxygen atoms in total. The van der Waals surface area contributed by atoms with Crippen molar-refractivity contribution in [2.24, 2.45) is 0 Å². The molecule has 0 aliphatic carbocycles. The first-order chi connectivity index (χ1) is 6.27. The highest BCUT2D eigenvalue weighted by Gasteiger charge is 2.18. The summed E-state index contributed by atoms with van der Waals surface area (Å²) in [6, 6.07) is 3.67. The molecule has 2 heterocycles. The number of allylic oxidation sites excluding steroid dienone is 1. The van der Waals surface area contributed by atoms with Gasteiger partial charge in [0, 0.05) is 6.42 Å². The molecule has 68 valence electrons. The highest BCUT2D eigenvalue weighted by Crippen LogP contribution is 2.25. The fraction of sp³-hybridized carbons (Fsp3) is 0.222. The van der Waals surface area contributed by atoms with Gasteiger partial charge in [-0.25, -0.2) is 0 Å². The van der Waals surface area contributed by atoms with Crippen LogP contribution >= 0.6 is 27.3 Å². The average Bonchev–Trinajstić information content (AvgIpc) is 2.72. The van der Waals surface area contributed by atoms with E-state index in [2.05, 4.69) is 15.9 Å². The quantitative estimate of drug-likeness (QED) is 0.763. The maximum atomic E-state index is 11.7. The Hall–Kier alpha value is -0.610. The van der Waals surface area contributed by atoms with Crippen molar-refractivity contribution in [3.8, 4) is 0 Å². The average molecular weight is 259 g/mol. The van der Waals surface area contributed by atoms with Gasteiger partial charge in [0.1, 0.15) is 0 Å². The van der Waals surface area contributed by atoms with Crippen molar-refractivity contribution in [2.75, 3.05) is 6.61 Å². The molecule has 0 bridgehead atoms. The van der Waals surface area contributed by atoms with Crippen molar-refractivity contribution >= 4 is 33.0 Å². The maximum absolute atomic E-state index is 11.7. The van der Waals surface area contributed by atoms with E-state index in [9.17, 15) is 4.79 Å². The van der Waals surface area contributed by atoms with Crippen LogP contribution in [0.15, 0.2) is 27.8 Å². The van der Waals surface area contributed by atoms with Crippen molar-refractivity contribution < 1.29 is 9.53 Å². The van der Waals surface area contributed by atoms with Gasteiger partial charge in [-0.2, -0.15) is 0 Å². The fourth-order valence-corrected chi connectivity index (χ4v) is 2.46. The third-order valence-corrected chi connectivity index (χ3v) is 3.35. The number of carbonyl (C=O) groups excluding carboxylic acids is 1.